The largest absolute Gasteiger partial charge is 0.311 e. The minimum Gasteiger partial charge on any atom is -0.311 e. The van der Waals surface area contributed by atoms with Crippen LogP contribution >= 0.6 is 0 Å². The van der Waals surface area contributed by atoms with Gasteiger partial charge in [-0.1, -0.05) is 0 Å². The molecule has 18 heavy (non-hydrogen) atoms. The molecule has 0 saturated carbocycles. The maximum atomic E-state index is 12.5. The third-order valence-corrected chi connectivity index (χ3v) is 4.15. The van der Waals surface area contributed by atoms with E-state index in [1.54, 1.807) is 4.52 Å². The number of aromatic amines is 1. The van der Waals surface area contributed by atoms with Crippen LogP contribution in [0.3, 0.4) is 0 Å². The van der Waals surface area contributed by atoms with Crippen molar-refractivity contribution in [3.05, 3.63) is 33.4 Å². The highest BCUT2D eigenvalue weighted by atomic mass is 16.1. The number of H-pyrrole nitrogens is 1. The summed E-state index contributed by atoms with van der Waals surface area (Å²) in [5, 5.41) is 6.65. The van der Waals surface area contributed by atoms with Gasteiger partial charge in [0.25, 0.3) is 5.56 Å². The lowest BCUT2D eigenvalue weighted by atomic mass is 9.98. The van der Waals surface area contributed by atoms with Gasteiger partial charge in [0.05, 0.1) is 5.69 Å². The van der Waals surface area contributed by atoms with E-state index in [0.717, 1.165) is 35.4 Å². The van der Waals surface area contributed by atoms with Gasteiger partial charge in [-0.05, 0) is 26.2 Å². The SMILES string of the molecule is Cc1cc2nc3c(c(=O)n2[nH]1)C[C@H]1CC[C@@H](C3)N1. The van der Waals surface area contributed by atoms with Gasteiger partial charge >= 0.3 is 0 Å². The van der Waals surface area contributed by atoms with Gasteiger partial charge in [0.2, 0.25) is 0 Å². The minimum atomic E-state index is 0.0810. The topological polar surface area (TPSA) is 62.2 Å². The average molecular weight is 244 g/mol. The molecule has 2 aromatic rings. The van der Waals surface area contributed by atoms with E-state index >= 15 is 0 Å². The highest BCUT2D eigenvalue weighted by Gasteiger charge is 2.31. The molecule has 0 unspecified atom stereocenters. The molecule has 0 spiro atoms. The summed E-state index contributed by atoms with van der Waals surface area (Å²) in [6.45, 7) is 1.95. The molecule has 5 nitrogen and oxygen atoms in total. The Kier molecular flexibility index (Phi) is 1.97. The van der Waals surface area contributed by atoms with E-state index in [1.165, 1.54) is 12.8 Å². The molecule has 0 amide bonds. The number of aromatic nitrogens is 3. The highest BCUT2D eigenvalue weighted by Crippen LogP contribution is 2.24. The third kappa shape index (κ3) is 1.37. The summed E-state index contributed by atoms with van der Waals surface area (Å²) < 4.78 is 1.58. The molecule has 2 aliphatic heterocycles. The lowest BCUT2D eigenvalue weighted by Gasteiger charge is -2.10. The van der Waals surface area contributed by atoms with E-state index in [0.29, 0.717) is 12.1 Å². The van der Waals surface area contributed by atoms with Crippen molar-refractivity contribution in [3.8, 4) is 0 Å². The van der Waals surface area contributed by atoms with Gasteiger partial charge in [0, 0.05) is 35.8 Å². The smallest absolute Gasteiger partial charge is 0.276 e. The van der Waals surface area contributed by atoms with Gasteiger partial charge < -0.3 is 5.32 Å². The van der Waals surface area contributed by atoms with Crippen LogP contribution in [0.15, 0.2) is 10.9 Å². The second kappa shape index (κ2) is 3.45. The number of hydrogen-bond acceptors (Lipinski definition) is 3. The van der Waals surface area contributed by atoms with Crippen LogP contribution in [-0.4, -0.2) is 26.7 Å². The second-order valence-electron chi connectivity index (χ2n) is 5.52. The zero-order chi connectivity index (χ0) is 12.3. The monoisotopic (exact) mass is 244 g/mol. The van der Waals surface area contributed by atoms with Crippen LogP contribution in [0.5, 0.6) is 0 Å². The fourth-order valence-electron chi connectivity index (χ4n) is 3.30. The van der Waals surface area contributed by atoms with E-state index in [1.807, 2.05) is 13.0 Å². The van der Waals surface area contributed by atoms with E-state index in [-0.39, 0.29) is 5.56 Å². The normalized spacial score (nSPS) is 26.3. The predicted octanol–water partition coefficient (Wildman–Crippen LogP) is 0.550. The summed E-state index contributed by atoms with van der Waals surface area (Å²) >= 11 is 0. The molecule has 2 bridgehead atoms. The van der Waals surface area contributed by atoms with Crippen molar-refractivity contribution >= 4 is 5.65 Å². The lowest BCUT2D eigenvalue weighted by molar-refractivity contribution is 0.552. The molecule has 4 rings (SSSR count). The molecule has 0 aliphatic carbocycles. The van der Waals surface area contributed by atoms with Crippen LogP contribution in [0, 0.1) is 6.92 Å². The number of nitrogens with zero attached hydrogens (tertiary/aromatic N) is 2. The summed E-state index contributed by atoms with van der Waals surface area (Å²) in [4.78, 5) is 17.1. The molecule has 5 heteroatoms. The summed E-state index contributed by atoms with van der Waals surface area (Å²) in [5.74, 6) is 0. The van der Waals surface area contributed by atoms with E-state index < -0.39 is 0 Å². The molecule has 2 aliphatic rings. The average Bonchev–Trinajstić information content (AvgIpc) is 2.84. The summed E-state index contributed by atoms with van der Waals surface area (Å²) in [6.07, 6.45) is 4.09. The summed E-state index contributed by atoms with van der Waals surface area (Å²) in [6, 6.07) is 2.89. The van der Waals surface area contributed by atoms with Crippen LogP contribution in [-0.2, 0) is 12.8 Å². The first kappa shape index (κ1) is 10.3. The van der Waals surface area contributed by atoms with Crippen LogP contribution in [0.2, 0.25) is 0 Å². The van der Waals surface area contributed by atoms with Gasteiger partial charge in [0.1, 0.15) is 0 Å². The van der Waals surface area contributed by atoms with Crippen molar-refractivity contribution in [2.24, 2.45) is 0 Å². The van der Waals surface area contributed by atoms with Crippen molar-refractivity contribution < 1.29 is 0 Å². The standard InChI is InChI=1S/C13H16N4O/c1-7-4-12-15-11-6-9-3-2-8(14-9)5-10(11)13(18)17(12)16-7/h4,8-9,14,16H,2-3,5-6H2,1H3/t8-,9+/m1/s1. The highest BCUT2D eigenvalue weighted by molar-refractivity contribution is 5.42. The van der Waals surface area contributed by atoms with Crippen molar-refractivity contribution in [1.29, 1.82) is 0 Å². The fraction of sp³-hybridized carbons (Fsp3) is 0.538. The first-order valence-corrected chi connectivity index (χ1v) is 6.57. The van der Waals surface area contributed by atoms with Gasteiger partial charge in [0.15, 0.2) is 5.65 Å². The van der Waals surface area contributed by atoms with E-state index in [2.05, 4.69) is 15.4 Å². The number of aryl methyl sites for hydroxylation is 1. The van der Waals surface area contributed by atoms with E-state index in [9.17, 15) is 4.79 Å². The number of rotatable bonds is 0. The first-order chi connectivity index (χ1) is 8.70. The molecular weight excluding hydrogens is 228 g/mol. The Morgan fingerprint density at radius 1 is 1.33 bits per heavy atom. The number of nitrogens with one attached hydrogen (secondary N) is 2. The molecule has 0 radical (unpaired) electrons. The third-order valence-electron chi connectivity index (χ3n) is 4.15. The summed E-state index contributed by atoms with van der Waals surface area (Å²) in [7, 11) is 0. The molecule has 2 atom stereocenters. The molecule has 2 N–H and O–H groups in total. The zero-order valence-corrected chi connectivity index (χ0v) is 10.4. The molecule has 94 valence electrons. The first-order valence-electron chi connectivity index (χ1n) is 6.57. The lowest BCUT2D eigenvalue weighted by Crippen LogP contribution is -2.30. The molecule has 1 saturated heterocycles. The number of fused-ring (bicyclic) bond motifs is 4. The Bertz CT molecular complexity index is 684. The Morgan fingerprint density at radius 2 is 2.11 bits per heavy atom. The van der Waals surface area contributed by atoms with Gasteiger partial charge in [-0.25, -0.2) is 9.50 Å². The summed E-state index contributed by atoms with van der Waals surface area (Å²) in [5.41, 5.74) is 3.69. The molecule has 2 aromatic heterocycles. The van der Waals surface area contributed by atoms with Crippen molar-refractivity contribution in [2.75, 3.05) is 0 Å². The minimum absolute atomic E-state index is 0.0810. The Hall–Kier alpha value is -1.62. The van der Waals surface area contributed by atoms with E-state index in [4.69, 9.17) is 0 Å². The van der Waals surface area contributed by atoms with Gasteiger partial charge in [-0.3, -0.25) is 9.89 Å². The number of hydrogen-bond donors (Lipinski definition) is 2. The van der Waals surface area contributed by atoms with Crippen molar-refractivity contribution in [3.63, 3.8) is 0 Å². The second-order valence-corrected chi connectivity index (χ2v) is 5.52. The van der Waals surface area contributed by atoms with Crippen LogP contribution in [0.4, 0.5) is 0 Å². The maximum absolute atomic E-state index is 12.5. The molecule has 0 aromatic carbocycles. The van der Waals surface area contributed by atoms with Crippen LogP contribution < -0.4 is 10.9 Å². The predicted molar refractivity (Wildman–Crippen MR) is 67.9 cm³/mol. The van der Waals surface area contributed by atoms with Crippen molar-refractivity contribution in [1.82, 2.24) is 19.9 Å². The van der Waals surface area contributed by atoms with Gasteiger partial charge in [-0.15, -0.1) is 0 Å². The molecule has 1 fully saturated rings. The Labute approximate surface area is 104 Å². The van der Waals surface area contributed by atoms with Gasteiger partial charge in [-0.2, -0.15) is 0 Å². The maximum Gasteiger partial charge on any atom is 0.276 e. The van der Waals surface area contributed by atoms with Crippen LogP contribution in [0.1, 0.15) is 29.8 Å². The molecule has 4 heterocycles. The zero-order valence-electron chi connectivity index (χ0n) is 10.4. The fourth-order valence-corrected chi connectivity index (χ4v) is 3.30. The quantitative estimate of drug-likeness (QED) is 0.711. The van der Waals surface area contributed by atoms with Crippen molar-refractivity contribution in [2.45, 2.75) is 44.7 Å². The Balaban J connectivity index is 1.98. The molecular formula is C13H16N4O. The Morgan fingerprint density at radius 3 is 2.94 bits per heavy atom. The van der Waals surface area contributed by atoms with Crippen LogP contribution in [0.25, 0.3) is 5.65 Å².